The van der Waals surface area contributed by atoms with E-state index in [0.717, 1.165) is 5.56 Å². The van der Waals surface area contributed by atoms with E-state index in [-0.39, 0.29) is 6.41 Å². The second-order valence-corrected chi connectivity index (χ2v) is 4.25. The molecule has 2 heterocycles. The van der Waals surface area contributed by atoms with E-state index in [1.54, 1.807) is 0 Å². The Balaban J connectivity index is 0.000000452. The zero-order valence-electron chi connectivity index (χ0n) is 11.1. The Morgan fingerprint density at radius 2 is 1.85 bits per heavy atom. The number of benzene rings is 1. The first-order chi connectivity index (χ1) is 9.80. The third kappa shape index (κ3) is 2.87. The molecule has 0 fully saturated rings. The van der Waals surface area contributed by atoms with Gasteiger partial charge in [-0.15, -0.1) is 0 Å². The number of pyridine rings is 1. The average molecular weight is 267 g/mol. The van der Waals surface area contributed by atoms with E-state index in [2.05, 4.69) is 64.9 Å². The molecule has 4 nitrogen and oxygen atoms in total. The number of fused-ring (bicyclic) bond motifs is 1. The van der Waals surface area contributed by atoms with Gasteiger partial charge >= 0.3 is 0 Å². The Morgan fingerprint density at radius 1 is 1.05 bits per heavy atom. The first kappa shape index (κ1) is 13.8. The number of amides is 1. The first-order valence-corrected chi connectivity index (χ1v) is 6.31. The van der Waals surface area contributed by atoms with Gasteiger partial charge in [-0.3, -0.25) is 4.79 Å². The SMILES string of the molecule is NC=O.NCc1cccc(-c2ccc3ccccn23)c1. The lowest BCUT2D eigenvalue weighted by Gasteiger charge is -2.04. The molecule has 2 aromatic heterocycles. The van der Waals surface area contributed by atoms with Crippen molar-refractivity contribution in [3.63, 3.8) is 0 Å². The van der Waals surface area contributed by atoms with Crippen LogP contribution in [0.5, 0.6) is 0 Å². The Hall–Kier alpha value is -2.59. The number of primary amides is 1. The molecule has 0 spiro atoms. The van der Waals surface area contributed by atoms with E-state index in [1.165, 1.54) is 16.8 Å². The van der Waals surface area contributed by atoms with Crippen LogP contribution in [-0.2, 0) is 11.3 Å². The lowest BCUT2D eigenvalue weighted by molar-refractivity contribution is -0.106. The van der Waals surface area contributed by atoms with Crippen molar-refractivity contribution in [1.29, 1.82) is 0 Å². The van der Waals surface area contributed by atoms with Crippen molar-refractivity contribution in [3.8, 4) is 11.3 Å². The molecule has 4 N–H and O–H groups in total. The van der Waals surface area contributed by atoms with Crippen LogP contribution in [0, 0.1) is 0 Å². The number of aromatic nitrogens is 1. The van der Waals surface area contributed by atoms with E-state index in [4.69, 9.17) is 10.5 Å². The molecule has 0 aliphatic carbocycles. The first-order valence-electron chi connectivity index (χ1n) is 6.31. The molecule has 0 radical (unpaired) electrons. The maximum atomic E-state index is 8.58. The van der Waals surface area contributed by atoms with Crippen LogP contribution < -0.4 is 11.5 Å². The molecule has 102 valence electrons. The number of carbonyl (C=O) groups excluding carboxylic acids is 1. The van der Waals surface area contributed by atoms with Gasteiger partial charge in [-0.25, -0.2) is 0 Å². The molecule has 0 aliphatic heterocycles. The standard InChI is InChI=1S/C15H14N2.CH3NO/c16-11-12-4-3-5-13(10-12)15-8-7-14-6-1-2-9-17(14)15;2-1-3/h1-10H,11,16H2;1H,(H2,2,3). The second kappa shape index (κ2) is 6.54. The summed E-state index contributed by atoms with van der Waals surface area (Å²) in [5.41, 5.74) is 14.6. The van der Waals surface area contributed by atoms with Gasteiger partial charge in [0, 0.05) is 18.3 Å². The van der Waals surface area contributed by atoms with Gasteiger partial charge < -0.3 is 15.9 Å². The lowest BCUT2D eigenvalue weighted by Crippen LogP contribution is -1.96. The Kier molecular flexibility index (Phi) is 4.52. The summed E-state index contributed by atoms with van der Waals surface area (Å²) in [4.78, 5) is 8.58. The van der Waals surface area contributed by atoms with E-state index >= 15 is 0 Å². The number of rotatable bonds is 2. The van der Waals surface area contributed by atoms with E-state index in [9.17, 15) is 0 Å². The Labute approximate surface area is 117 Å². The molecule has 0 atom stereocenters. The van der Waals surface area contributed by atoms with Crippen LogP contribution in [0.4, 0.5) is 0 Å². The molecule has 0 bridgehead atoms. The van der Waals surface area contributed by atoms with Gasteiger partial charge in [0.2, 0.25) is 6.41 Å². The van der Waals surface area contributed by atoms with Gasteiger partial charge in [-0.1, -0.05) is 24.3 Å². The highest BCUT2D eigenvalue weighted by atomic mass is 16.1. The molecular weight excluding hydrogens is 250 g/mol. The fraction of sp³-hybridized carbons (Fsp3) is 0.0625. The van der Waals surface area contributed by atoms with Crippen LogP contribution in [-0.4, -0.2) is 10.8 Å². The molecular formula is C16H17N3O. The van der Waals surface area contributed by atoms with Crippen LogP contribution in [0.1, 0.15) is 5.56 Å². The van der Waals surface area contributed by atoms with Crippen LogP contribution >= 0.6 is 0 Å². The normalized spacial score (nSPS) is 9.85. The van der Waals surface area contributed by atoms with Gasteiger partial charge in [0.15, 0.2) is 0 Å². The molecule has 20 heavy (non-hydrogen) atoms. The monoisotopic (exact) mass is 267 g/mol. The summed E-state index contributed by atoms with van der Waals surface area (Å²) in [6.07, 6.45) is 2.33. The fourth-order valence-electron chi connectivity index (χ4n) is 2.15. The molecule has 0 unspecified atom stereocenters. The number of hydrogen-bond donors (Lipinski definition) is 2. The second-order valence-electron chi connectivity index (χ2n) is 4.25. The van der Waals surface area contributed by atoms with E-state index in [0.29, 0.717) is 6.54 Å². The predicted octanol–water partition coefficient (Wildman–Crippen LogP) is 2.17. The molecule has 3 rings (SSSR count). The smallest absolute Gasteiger partial charge is 0.204 e. The van der Waals surface area contributed by atoms with Gasteiger partial charge in [-0.05, 0) is 41.5 Å². The minimum atomic E-state index is 0.250. The molecule has 3 aromatic rings. The summed E-state index contributed by atoms with van der Waals surface area (Å²) >= 11 is 0. The quantitative estimate of drug-likeness (QED) is 0.698. The summed E-state index contributed by atoms with van der Waals surface area (Å²) in [7, 11) is 0. The van der Waals surface area contributed by atoms with Crippen molar-refractivity contribution in [2.24, 2.45) is 11.5 Å². The van der Waals surface area contributed by atoms with Gasteiger partial charge in [0.05, 0.1) is 5.69 Å². The number of carbonyl (C=O) groups is 1. The highest BCUT2D eigenvalue weighted by Gasteiger charge is 2.03. The van der Waals surface area contributed by atoms with E-state index < -0.39 is 0 Å². The van der Waals surface area contributed by atoms with Crippen molar-refractivity contribution >= 4 is 11.9 Å². The number of hydrogen-bond acceptors (Lipinski definition) is 2. The third-order valence-corrected chi connectivity index (χ3v) is 3.02. The minimum absolute atomic E-state index is 0.250. The molecule has 0 saturated carbocycles. The van der Waals surface area contributed by atoms with Crippen LogP contribution in [0.2, 0.25) is 0 Å². The van der Waals surface area contributed by atoms with Crippen LogP contribution in [0.25, 0.3) is 16.8 Å². The molecule has 0 saturated heterocycles. The minimum Gasteiger partial charge on any atom is -0.372 e. The van der Waals surface area contributed by atoms with Crippen molar-refractivity contribution in [2.75, 3.05) is 0 Å². The summed E-state index contributed by atoms with van der Waals surface area (Å²) in [6.45, 7) is 0.581. The van der Waals surface area contributed by atoms with Gasteiger partial charge in [0.25, 0.3) is 0 Å². The molecule has 1 amide bonds. The molecule has 4 heteroatoms. The fourth-order valence-corrected chi connectivity index (χ4v) is 2.15. The Morgan fingerprint density at radius 3 is 2.60 bits per heavy atom. The molecule has 1 aromatic carbocycles. The van der Waals surface area contributed by atoms with Crippen LogP contribution in [0.3, 0.4) is 0 Å². The van der Waals surface area contributed by atoms with E-state index in [1.807, 2.05) is 6.07 Å². The lowest BCUT2D eigenvalue weighted by atomic mass is 10.1. The topological polar surface area (TPSA) is 73.5 Å². The van der Waals surface area contributed by atoms with Crippen molar-refractivity contribution in [1.82, 2.24) is 4.40 Å². The summed E-state index contributed by atoms with van der Waals surface area (Å²) < 4.78 is 2.19. The number of nitrogens with zero attached hydrogens (tertiary/aromatic N) is 1. The maximum Gasteiger partial charge on any atom is 0.204 e. The largest absolute Gasteiger partial charge is 0.372 e. The van der Waals surface area contributed by atoms with Gasteiger partial charge in [-0.2, -0.15) is 0 Å². The third-order valence-electron chi connectivity index (χ3n) is 3.02. The predicted molar refractivity (Wildman–Crippen MR) is 81.0 cm³/mol. The summed E-state index contributed by atoms with van der Waals surface area (Å²) in [6, 6.07) is 18.9. The summed E-state index contributed by atoms with van der Waals surface area (Å²) in [5.74, 6) is 0. The number of nitrogens with two attached hydrogens (primary N) is 2. The zero-order valence-corrected chi connectivity index (χ0v) is 11.1. The molecule has 0 aliphatic rings. The summed E-state index contributed by atoms with van der Waals surface area (Å²) in [5, 5.41) is 0. The highest BCUT2D eigenvalue weighted by Crippen LogP contribution is 2.23. The van der Waals surface area contributed by atoms with Crippen molar-refractivity contribution in [2.45, 2.75) is 6.54 Å². The van der Waals surface area contributed by atoms with Crippen LogP contribution in [0.15, 0.2) is 60.8 Å². The van der Waals surface area contributed by atoms with Crippen molar-refractivity contribution in [3.05, 3.63) is 66.4 Å². The zero-order chi connectivity index (χ0) is 14.4. The average Bonchev–Trinajstić information content (AvgIpc) is 2.92. The highest BCUT2D eigenvalue weighted by molar-refractivity contribution is 5.67. The van der Waals surface area contributed by atoms with Gasteiger partial charge in [0.1, 0.15) is 0 Å². The maximum absolute atomic E-state index is 8.58. The Bertz CT molecular complexity index is 704. The van der Waals surface area contributed by atoms with Crippen molar-refractivity contribution < 1.29 is 4.79 Å².